The molecule has 0 saturated heterocycles. The van der Waals surface area contributed by atoms with Crippen LogP contribution >= 0.6 is 0 Å². The molecule has 0 aliphatic rings. The highest BCUT2D eigenvalue weighted by molar-refractivity contribution is 5.86. The van der Waals surface area contributed by atoms with Crippen LogP contribution in [0.3, 0.4) is 0 Å². The second kappa shape index (κ2) is 6.93. The normalized spacial score (nSPS) is 14.8. The van der Waals surface area contributed by atoms with Crippen LogP contribution in [-0.4, -0.2) is 12.8 Å². The van der Waals surface area contributed by atoms with E-state index >= 15 is 0 Å². The fourth-order valence-corrected chi connectivity index (χ4v) is 1.46. The molecule has 13 heavy (non-hydrogen) atoms. The Hall–Kier alpha value is -0.530. The first-order valence-electron chi connectivity index (χ1n) is 5.21. The van der Waals surface area contributed by atoms with E-state index in [1.165, 1.54) is 18.6 Å². The van der Waals surface area contributed by atoms with Gasteiger partial charge in [-0.15, -0.1) is 0 Å². The molecule has 0 radical (unpaired) electrons. The predicted molar refractivity (Wildman–Crippen MR) is 58.0 cm³/mol. The Balaban J connectivity index is 4.15. The van der Waals surface area contributed by atoms with E-state index in [-0.39, 0.29) is 0 Å². The number of nitrogens with zero attached hydrogens (tertiary/aromatic N) is 1. The van der Waals surface area contributed by atoms with Gasteiger partial charge in [0.15, 0.2) is 0 Å². The van der Waals surface area contributed by atoms with Crippen molar-refractivity contribution < 1.29 is 4.84 Å². The third-order valence-corrected chi connectivity index (χ3v) is 2.12. The molecule has 0 aliphatic heterocycles. The molecular weight excluding hydrogens is 162 g/mol. The van der Waals surface area contributed by atoms with Crippen LogP contribution in [0, 0.1) is 11.8 Å². The van der Waals surface area contributed by atoms with Crippen molar-refractivity contribution in [2.45, 2.75) is 47.0 Å². The van der Waals surface area contributed by atoms with Crippen molar-refractivity contribution in [2.75, 3.05) is 7.11 Å². The third kappa shape index (κ3) is 5.67. The summed E-state index contributed by atoms with van der Waals surface area (Å²) in [5.41, 5.74) is 1.21. The maximum Gasteiger partial charge on any atom is 0.106 e. The Kier molecular flexibility index (Phi) is 6.65. The molecule has 0 fully saturated rings. The summed E-state index contributed by atoms with van der Waals surface area (Å²) in [6.45, 7) is 8.85. The fourth-order valence-electron chi connectivity index (χ4n) is 1.46. The molecule has 0 aliphatic carbocycles. The third-order valence-electron chi connectivity index (χ3n) is 2.12. The van der Waals surface area contributed by atoms with Crippen LogP contribution in [0.2, 0.25) is 0 Å². The second-order valence-electron chi connectivity index (χ2n) is 4.05. The van der Waals surface area contributed by atoms with Gasteiger partial charge in [-0.05, 0) is 24.7 Å². The smallest absolute Gasteiger partial charge is 0.106 e. The summed E-state index contributed by atoms with van der Waals surface area (Å²) in [4.78, 5) is 4.86. The maximum atomic E-state index is 4.86. The van der Waals surface area contributed by atoms with Crippen LogP contribution < -0.4 is 0 Å². The minimum absolute atomic E-state index is 0.562. The summed E-state index contributed by atoms with van der Waals surface area (Å²) in [7, 11) is 1.62. The molecule has 0 amide bonds. The summed E-state index contributed by atoms with van der Waals surface area (Å²) in [6.07, 6.45) is 3.46. The van der Waals surface area contributed by atoms with E-state index in [9.17, 15) is 0 Å². The molecule has 0 aromatic heterocycles. The average Bonchev–Trinajstić information content (AvgIpc) is 2.03. The van der Waals surface area contributed by atoms with Crippen molar-refractivity contribution in [3.63, 3.8) is 0 Å². The molecule has 0 rings (SSSR count). The SMILES string of the molecule is CCCC(C)C(CC(C)C)=NOC. The Morgan fingerprint density at radius 2 is 1.92 bits per heavy atom. The molecule has 0 N–H and O–H groups in total. The lowest BCUT2D eigenvalue weighted by Gasteiger charge is -2.14. The zero-order valence-corrected chi connectivity index (χ0v) is 9.63. The minimum atomic E-state index is 0.562. The van der Waals surface area contributed by atoms with Gasteiger partial charge in [0.05, 0.1) is 5.71 Å². The van der Waals surface area contributed by atoms with E-state index in [1.807, 2.05) is 0 Å². The largest absolute Gasteiger partial charge is 0.399 e. The monoisotopic (exact) mass is 185 g/mol. The number of hydrogen-bond acceptors (Lipinski definition) is 2. The summed E-state index contributed by atoms with van der Waals surface area (Å²) in [6, 6.07) is 0. The van der Waals surface area contributed by atoms with Gasteiger partial charge < -0.3 is 4.84 Å². The molecule has 0 spiro atoms. The van der Waals surface area contributed by atoms with Crippen molar-refractivity contribution >= 4 is 5.71 Å². The Morgan fingerprint density at radius 1 is 1.31 bits per heavy atom. The molecule has 0 saturated carbocycles. The first-order valence-corrected chi connectivity index (χ1v) is 5.21. The number of rotatable bonds is 6. The molecule has 0 bridgehead atoms. The summed E-state index contributed by atoms with van der Waals surface area (Å²) in [5.74, 6) is 1.22. The van der Waals surface area contributed by atoms with Crippen LogP contribution in [0.1, 0.15) is 47.0 Å². The van der Waals surface area contributed by atoms with Gasteiger partial charge in [0, 0.05) is 0 Å². The van der Waals surface area contributed by atoms with Gasteiger partial charge >= 0.3 is 0 Å². The summed E-state index contributed by atoms with van der Waals surface area (Å²) < 4.78 is 0. The van der Waals surface area contributed by atoms with Crippen molar-refractivity contribution in [3.05, 3.63) is 0 Å². The van der Waals surface area contributed by atoms with Gasteiger partial charge in [0.2, 0.25) is 0 Å². The zero-order valence-electron chi connectivity index (χ0n) is 9.63. The minimum Gasteiger partial charge on any atom is -0.399 e. The van der Waals surface area contributed by atoms with Crippen LogP contribution in [-0.2, 0) is 4.84 Å². The molecule has 0 aromatic rings. The van der Waals surface area contributed by atoms with Crippen LogP contribution in [0.4, 0.5) is 0 Å². The molecule has 1 atom stereocenters. The number of oxime groups is 1. The van der Waals surface area contributed by atoms with E-state index in [4.69, 9.17) is 4.84 Å². The highest BCUT2D eigenvalue weighted by Crippen LogP contribution is 2.14. The van der Waals surface area contributed by atoms with Crippen LogP contribution in [0.5, 0.6) is 0 Å². The molecule has 2 nitrogen and oxygen atoms in total. The fraction of sp³-hybridized carbons (Fsp3) is 0.909. The first kappa shape index (κ1) is 12.5. The van der Waals surface area contributed by atoms with Crippen LogP contribution in [0.25, 0.3) is 0 Å². The van der Waals surface area contributed by atoms with Gasteiger partial charge in [0.1, 0.15) is 7.11 Å². The van der Waals surface area contributed by atoms with E-state index in [0.717, 1.165) is 6.42 Å². The van der Waals surface area contributed by atoms with Gasteiger partial charge in [-0.3, -0.25) is 0 Å². The van der Waals surface area contributed by atoms with E-state index in [0.29, 0.717) is 11.8 Å². The van der Waals surface area contributed by atoms with Crippen molar-refractivity contribution in [3.8, 4) is 0 Å². The second-order valence-corrected chi connectivity index (χ2v) is 4.05. The van der Waals surface area contributed by atoms with E-state index < -0.39 is 0 Å². The highest BCUT2D eigenvalue weighted by atomic mass is 16.6. The number of hydrogen-bond donors (Lipinski definition) is 0. The van der Waals surface area contributed by atoms with Crippen LogP contribution in [0.15, 0.2) is 5.16 Å². The molecule has 78 valence electrons. The lowest BCUT2D eigenvalue weighted by atomic mass is 9.93. The van der Waals surface area contributed by atoms with Gasteiger partial charge in [0.25, 0.3) is 0 Å². The quantitative estimate of drug-likeness (QED) is 0.458. The Morgan fingerprint density at radius 3 is 2.31 bits per heavy atom. The van der Waals surface area contributed by atoms with Crippen molar-refractivity contribution in [1.29, 1.82) is 0 Å². The summed E-state index contributed by atoms with van der Waals surface area (Å²) >= 11 is 0. The predicted octanol–water partition coefficient (Wildman–Crippen LogP) is 3.47. The standard InChI is InChI=1S/C11H23NO/c1-6-7-10(4)11(12-13-5)8-9(2)3/h9-10H,6-8H2,1-5H3. The maximum absolute atomic E-state index is 4.86. The topological polar surface area (TPSA) is 21.6 Å². The van der Waals surface area contributed by atoms with Gasteiger partial charge in [-0.25, -0.2) is 0 Å². The van der Waals surface area contributed by atoms with Gasteiger partial charge in [-0.1, -0.05) is 39.3 Å². The van der Waals surface area contributed by atoms with E-state index in [2.05, 4.69) is 32.9 Å². The lowest BCUT2D eigenvalue weighted by molar-refractivity contribution is 0.209. The average molecular weight is 185 g/mol. The Labute approximate surface area is 82.4 Å². The summed E-state index contributed by atoms with van der Waals surface area (Å²) in [5, 5.41) is 4.10. The van der Waals surface area contributed by atoms with Gasteiger partial charge in [-0.2, -0.15) is 0 Å². The van der Waals surface area contributed by atoms with Crippen molar-refractivity contribution in [2.24, 2.45) is 17.0 Å². The Bertz CT molecular complexity index is 152. The molecule has 1 unspecified atom stereocenters. The zero-order chi connectivity index (χ0) is 10.3. The molecule has 2 heteroatoms. The molecule has 0 aromatic carbocycles. The van der Waals surface area contributed by atoms with E-state index in [1.54, 1.807) is 7.11 Å². The molecular formula is C11H23NO. The lowest BCUT2D eigenvalue weighted by Crippen LogP contribution is -2.14. The first-order chi connectivity index (χ1) is 6.11. The highest BCUT2D eigenvalue weighted by Gasteiger charge is 2.12. The van der Waals surface area contributed by atoms with Crippen molar-refractivity contribution in [1.82, 2.24) is 0 Å². The molecule has 0 heterocycles.